The minimum atomic E-state index is -3.87. The van der Waals surface area contributed by atoms with E-state index in [1.807, 2.05) is 30.3 Å². The van der Waals surface area contributed by atoms with Crippen LogP contribution in [0.5, 0.6) is 5.88 Å². The number of rotatable bonds is 7. The molecule has 0 aliphatic carbocycles. The molecule has 0 aliphatic rings. The maximum atomic E-state index is 12.5. The summed E-state index contributed by atoms with van der Waals surface area (Å²) in [7, 11) is -2.46. The third kappa shape index (κ3) is 6.59. The molecule has 0 bridgehead atoms. The molecule has 0 spiro atoms. The number of sulfonamides is 1. The molecule has 0 aliphatic heterocycles. The van der Waals surface area contributed by atoms with E-state index >= 15 is 0 Å². The summed E-state index contributed by atoms with van der Waals surface area (Å²) in [5.74, 6) is -0.0899. The van der Waals surface area contributed by atoms with E-state index in [-0.39, 0.29) is 21.7 Å². The number of amides is 1. The molecule has 1 heterocycles. The van der Waals surface area contributed by atoms with Gasteiger partial charge in [0.05, 0.1) is 12.0 Å². The molecular formula is C21H19N5O4S2. The van der Waals surface area contributed by atoms with Crippen molar-refractivity contribution in [3.8, 4) is 5.88 Å². The van der Waals surface area contributed by atoms with Crippen LogP contribution in [0.4, 0.5) is 11.5 Å². The average molecular weight is 470 g/mol. The minimum Gasteiger partial charge on any atom is -0.481 e. The number of nitrogens with one attached hydrogen (secondary N) is 3. The lowest BCUT2D eigenvalue weighted by molar-refractivity contribution is -0.115. The van der Waals surface area contributed by atoms with Crippen LogP contribution in [0.1, 0.15) is 5.56 Å². The van der Waals surface area contributed by atoms with Gasteiger partial charge in [0.25, 0.3) is 10.0 Å². The van der Waals surface area contributed by atoms with E-state index in [9.17, 15) is 13.2 Å². The Labute approximate surface area is 190 Å². The number of benzene rings is 2. The van der Waals surface area contributed by atoms with Crippen LogP contribution in [0.25, 0.3) is 6.08 Å². The van der Waals surface area contributed by atoms with E-state index in [1.54, 1.807) is 6.08 Å². The van der Waals surface area contributed by atoms with Gasteiger partial charge in [0.15, 0.2) is 5.11 Å². The summed E-state index contributed by atoms with van der Waals surface area (Å²) >= 11 is 5.13. The van der Waals surface area contributed by atoms with Gasteiger partial charge in [0.1, 0.15) is 12.1 Å². The van der Waals surface area contributed by atoms with E-state index < -0.39 is 15.9 Å². The smallest absolute Gasteiger partial charge is 0.263 e. The summed E-state index contributed by atoms with van der Waals surface area (Å²) in [4.78, 5) is 19.7. The molecule has 11 heteroatoms. The quantitative estimate of drug-likeness (QED) is 0.357. The Balaban J connectivity index is 1.58. The Morgan fingerprint density at radius 1 is 1.06 bits per heavy atom. The second kappa shape index (κ2) is 10.5. The molecule has 9 nitrogen and oxygen atoms in total. The number of hydrogen-bond acceptors (Lipinski definition) is 7. The van der Waals surface area contributed by atoms with Crippen molar-refractivity contribution >= 4 is 50.8 Å². The Bertz CT molecular complexity index is 1230. The summed E-state index contributed by atoms with van der Waals surface area (Å²) in [6.45, 7) is 0. The minimum absolute atomic E-state index is 0.0152. The predicted molar refractivity (Wildman–Crippen MR) is 126 cm³/mol. The van der Waals surface area contributed by atoms with Gasteiger partial charge >= 0.3 is 0 Å². The number of carbonyl (C=O) groups is 1. The van der Waals surface area contributed by atoms with Crippen molar-refractivity contribution in [3.63, 3.8) is 0 Å². The van der Waals surface area contributed by atoms with Crippen LogP contribution in [0.3, 0.4) is 0 Å². The van der Waals surface area contributed by atoms with Crippen LogP contribution in [-0.4, -0.2) is 36.5 Å². The molecule has 3 N–H and O–H groups in total. The van der Waals surface area contributed by atoms with Crippen molar-refractivity contribution in [1.82, 2.24) is 15.3 Å². The summed E-state index contributed by atoms with van der Waals surface area (Å²) in [6.07, 6.45) is 4.22. The number of anilines is 2. The maximum Gasteiger partial charge on any atom is 0.263 e. The molecule has 32 heavy (non-hydrogen) atoms. The fourth-order valence-corrected chi connectivity index (χ4v) is 3.69. The fraction of sp³-hybridized carbons (Fsp3) is 0.0476. The zero-order valence-electron chi connectivity index (χ0n) is 16.8. The molecule has 0 unspecified atom stereocenters. The van der Waals surface area contributed by atoms with Gasteiger partial charge in [-0.05, 0) is 48.1 Å². The molecule has 0 radical (unpaired) electrons. The lowest BCUT2D eigenvalue weighted by atomic mass is 10.2. The van der Waals surface area contributed by atoms with Crippen molar-refractivity contribution < 1.29 is 17.9 Å². The summed E-state index contributed by atoms with van der Waals surface area (Å²) in [5, 5.41) is 5.43. The van der Waals surface area contributed by atoms with Crippen molar-refractivity contribution in [2.45, 2.75) is 4.90 Å². The standard InChI is InChI=1S/C21H19N5O4S2/c1-30-20-13-18(22-14-23-20)26-32(28,29)17-10-8-16(9-11-17)24-21(31)25-19(27)12-7-15-5-3-2-4-6-15/h2-14H,1H3,(H,22,23,26)(H2,24,25,27,31)/b12-7+. The molecule has 0 saturated carbocycles. The maximum absolute atomic E-state index is 12.5. The lowest BCUT2D eigenvalue weighted by Crippen LogP contribution is -2.32. The number of nitrogens with zero attached hydrogens (tertiary/aromatic N) is 2. The lowest BCUT2D eigenvalue weighted by Gasteiger charge is -2.10. The van der Waals surface area contributed by atoms with Crippen LogP contribution in [0, 0.1) is 0 Å². The number of ether oxygens (including phenoxy) is 1. The molecule has 1 aromatic heterocycles. The van der Waals surface area contributed by atoms with Gasteiger partial charge in [-0.15, -0.1) is 0 Å². The summed E-state index contributed by atoms with van der Waals surface area (Å²) < 4.78 is 32.4. The average Bonchev–Trinajstić information content (AvgIpc) is 2.78. The first kappa shape index (κ1) is 22.8. The zero-order chi connectivity index (χ0) is 23.0. The molecule has 3 rings (SSSR count). The zero-order valence-corrected chi connectivity index (χ0v) is 18.5. The van der Waals surface area contributed by atoms with E-state index in [2.05, 4.69) is 25.3 Å². The SMILES string of the molecule is COc1cc(NS(=O)(=O)c2ccc(NC(=S)NC(=O)/C=C/c3ccccc3)cc2)ncn1. The number of hydrogen-bond donors (Lipinski definition) is 3. The van der Waals surface area contributed by atoms with Gasteiger partial charge < -0.3 is 10.1 Å². The molecule has 2 aromatic carbocycles. The van der Waals surface area contributed by atoms with Crippen LogP contribution in [-0.2, 0) is 14.8 Å². The first-order chi connectivity index (χ1) is 15.4. The van der Waals surface area contributed by atoms with E-state index in [1.165, 1.54) is 49.8 Å². The van der Waals surface area contributed by atoms with Gasteiger partial charge in [-0.2, -0.15) is 0 Å². The first-order valence-electron chi connectivity index (χ1n) is 9.20. The van der Waals surface area contributed by atoms with Gasteiger partial charge in [0.2, 0.25) is 11.8 Å². The Hall–Kier alpha value is -3.83. The number of carbonyl (C=O) groups excluding carboxylic acids is 1. The largest absolute Gasteiger partial charge is 0.481 e. The van der Waals surface area contributed by atoms with E-state index in [0.29, 0.717) is 5.69 Å². The highest BCUT2D eigenvalue weighted by Crippen LogP contribution is 2.18. The third-order valence-electron chi connectivity index (χ3n) is 3.98. The molecule has 3 aromatic rings. The summed E-state index contributed by atoms with van der Waals surface area (Å²) in [6, 6.07) is 16.5. The van der Waals surface area contributed by atoms with Crippen LogP contribution in [0.15, 0.2) is 78.0 Å². The van der Waals surface area contributed by atoms with Crippen LogP contribution >= 0.6 is 12.2 Å². The second-order valence-corrected chi connectivity index (χ2v) is 8.35. The van der Waals surface area contributed by atoms with Crippen molar-refractivity contribution in [2.24, 2.45) is 0 Å². The predicted octanol–water partition coefficient (Wildman–Crippen LogP) is 2.81. The van der Waals surface area contributed by atoms with Crippen LogP contribution in [0.2, 0.25) is 0 Å². The fourth-order valence-electron chi connectivity index (χ4n) is 2.47. The van der Waals surface area contributed by atoms with Crippen molar-refractivity contribution in [3.05, 3.63) is 78.6 Å². The first-order valence-corrected chi connectivity index (χ1v) is 11.1. The topological polar surface area (TPSA) is 122 Å². The second-order valence-electron chi connectivity index (χ2n) is 6.26. The van der Waals surface area contributed by atoms with Crippen molar-refractivity contribution in [1.29, 1.82) is 0 Å². The molecule has 1 amide bonds. The van der Waals surface area contributed by atoms with Gasteiger partial charge in [0, 0.05) is 17.8 Å². The molecular weight excluding hydrogens is 450 g/mol. The van der Waals surface area contributed by atoms with Crippen molar-refractivity contribution in [2.75, 3.05) is 17.1 Å². The monoisotopic (exact) mass is 469 g/mol. The normalized spacial score (nSPS) is 11.0. The number of methoxy groups -OCH3 is 1. The highest BCUT2D eigenvalue weighted by molar-refractivity contribution is 7.92. The Morgan fingerprint density at radius 2 is 1.78 bits per heavy atom. The Morgan fingerprint density at radius 3 is 2.47 bits per heavy atom. The van der Waals surface area contributed by atoms with E-state index in [0.717, 1.165) is 5.56 Å². The molecule has 0 atom stereocenters. The summed E-state index contributed by atoms with van der Waals surface area (Å²) in [5.41, 5.74) is 1.39. The Kier molecular flexibility index (Phi) is 7.47. The molecule has 0 saturated heterocycles. The highest BCUT2D eigenvalue weighted by atomic mass is 32.2. The number of thiocarbonyl (C=S) groups is 1. The van der Waals surface area contributed by atoms with Gasteiger partial charge in [-0.3, -0.25) is 14.8 Å². The van der Waals surface area contributed by atoms with E-state index in [4.69, 9.17) is 17.0 Å². The molecule has 164 valence electrons. The third-order valence-corrected chi connectivity index (χ3v) is 5.55. The highest BCUT2D eigenvalue weighted by Gasteiger charge is 2.15. The number of aromatic nitrogens is 2. The van der Waals surface area contributed by atoms with Gasteiger partial charge in [-0.25, -0.2) is 18.4 Å². The van der Waals surface area contributed by atoms with Gasteiger partial charge in [-0.1, -0.05) is 30.3 Å². The molecule has 0 fully saturated rings. The van der Waals surface area contributed by atoms with Crippen LogP contribution < -0.4 is 20.1 Å².